The van der Waals surface area contributed by atoms with Crippen LogP contribution in [-0.2, 0) is 13.5 Å². The lowest BCUT2D eigenvalue weighted by Gasteiger charge is -2.23. The molecule has 1 aliphatic carbocycles. The third-order valence-corrected chi connectivity index (χ3v) is 3.83. The number of nitrogen functional groups attached to an aromatic ring is 1. The van der Waals surface area contributed by atoms with Gasteiger partial charge in [0.25, 0.3) is 0 Å². The predicted octanol–water partition coefficient (Wildman–Crippen LogP) is 2.19. The first kappa shape index (κ1) is 12.3. The fourth-order valence-corrected chi connectivity index (χ4v) is 2.97. The van der Waals surface area contributed by atoms with Crippen LogP contribution in [0.5, 0.6) is 0 Å². The monoisotopic (exact) mass is 236 g/mol. The van der Waals surface area contributed by atoms with Crippen LogP contribution in [0.2, 0.25) is 0 Å². The Morgan fingerprint density at radius 2 is 2.06 bits per heavy atom. The molecule has 1 fully saturated rings. The number of nitrogens with zero attached hydrogens (tertiary/aromatic N) is 3. The summed E-state index contributed by atoms with van der Waals surface area (Å²) in [6.07, 6.45) is 6.40. The van der Waals surface area contributed by atoms with E-state index in [-0.39, 0.29) is 0 Å². The van der Waals surface area contributed by atoms with Gasteiger partial charge in [-0.15, -0.1) is 0 Å². The molecule has 0 saturated heterocycles. The third-order valence-electron chi connectivity index (χ3n) is 3.83. The minimum atomic E-state index is 0.833. The highest BCUT2D eigenvalue weighted by Crippen LogP contribution is 2.30. The van der Waals surface area contributed by atoms with Crippen molar-refractivity contribution >= 4 is 11.5 Å². The summed E-state index contributed by atoms with van der Waals surface area (Å²) in [4.78, 5) is 2.28. The first-order valence-electron chi connectivity index (χ1n) is 6.66. The van der Waals surface area contributed by atoms with Gasteiger partial charge in [0.05, 0.1) is 11.4 Å². The Bertz CT molecular complexity index is 377. The van der Waals surface area contributed by atoms with Gasteiger partial charge < -0.3 is 10.6 Å². The molecule has 0 spiro atoms. The molecule has 96 valence electrons. The fourth-order valence-electron chi connectivity index (χ4n) is 2.97. The summed E-state index contributed by atoms with van der Waals surface area (Å²) < 4.78 is 1.92. The van der Waals surface area contributed by atoms with Gasteiger partial charge in [-0.3, -0.25) is 4.68 Å². The molecule has 0 aromatic carbocycles. The van der Waals surface area contributed by atoms with E-state index in [0.29, 0.717) is 0 Å². The molecule has 0 bridgehead atoms. The average Bonchev–Trinajstić information content (AvgIpc) is 2.87. The molecule has 17 heavy (non-hydrogen) atoms. The molecule has 2 rings (SSSR count). The van der Waals surface area contributed by atoms with E-state index in [4.69, 9.17) is 5.73 Å². The van der Waals surface area contributed by atoms with Gasteiger partial charge in [-0.05, 0) is 25.2 Å². The Morgan fingerprint density at radius 1 is 1.41 bits per heavy atom. The second-order valence-corrected chi connectivity index (χ2v) is 5.19. The topological polar surface area (TPSA) is 47.1 Å². The van der Waals surface area contributed by atoms with E-state index >= 15 is 0 Å². The van der Waals surface area contributed by atoms with Crippen LogP contribution in [0.4, 0.5) is 11.5 Å². The van der Waals surface area contributed by atoms with E-state index in [9.17, 15) is 0 Å². The number of rotatable bonds is 4. The molecule has 0 atom stereocenters. The molecule has 0 aliphatic heterocycles. The van der Waals surface area contributed by atoms with Gasteiger partial charge in [0.15, 0.2) is 0 Å². The molecule has 1 heterocycles. The SMILES string of the molecule is CCc1nn(C)c(N(C)CC2CCCC2)c1N. The van der Waals surface area contributed by atoms with Gasteiger partial charge in [-0.1, -0.05) is 19.8 Å². The zero-order valence-corrected chi connectivity index (χ0v) is 11.2. The van der Waals surface area contributed by atoms with Crippen molar-refractivity contribution < 1.29 is 0 Å². The lowest BCUT2D eigenvalue weighted by atomic mass is 10.1. The maximum atomic E-state index is 6.16. The first-order valence-corrected chi connectivity index (χ1v) is 6.66. The summed E-state index contributed by atoms with van der Waals surface area (Å²) in [5, 5.41) is 4.47. The van der Waals surface area contributed by atoms with Crippen LogP contribution >= 0.6 is 0 Å². The van der Waals surface area contributed by atoms with Gasteiger partial charge in [-0.25, -0.2) is 0 Å². The van der Waals surface area contributed by atoms with Crippen molar-refractivity contribution in [2.75, 3.05) is 24.2 Å². The van der Waals surface area contributed by atoms with Crippen LogP contribution in [0, 0.1) is 5.92 Å². The minimum absolute atomic E-state index is 0.833. The largest absolute Gasteiger partial charge is 0.394 e. The summed E-state index contributed by atoms with van der Waals surface area (Å²) in [6, 6.07) is 0. The quantitative estimate of drug-likeness (QED) is 0.871. The summed E-state index contributed by atoms with van der Waals surface area (Å²) in [5.74, 6) is 1.91. The van der Waals surface area contributed by atoms with Crippen LogP contribution in [-0.4, -0.2) is 23.4 Å². The van der Waals surface area contributed by atoms with Crippen LogP contribution in [0.1, 0.15) is 38.3 Å². The molecule has 2 N–H and O–H groups in total. The summed E-state index contributed by atoms with van der Waals surface area (Å²) in [7, 11) is 4.11. The minimum Gasteiger partial charge on any atom is -0.394 e. The van der Waals surface area contributed by atoms with E-state index in [1.165, 1.54) is 25.7 Å². The highest BCUT2D eigenvalue weighted by Gasteiger charge is 2.21. The van der Waals surface area contributed by atoms with Crippen molar-refractivity contribution in [1.29, 1.82) is 0 Å². The molecule has 0 amide bonds. The molecule has 1 aromatic heterocycles. The smallest absolute Gasteiger partial charge is 0.150 e. The number of anilines is 2. The Kier molecular flexibility index (Phi) is 3.60. The van der Waals surface area contributed by atoms with Crippen molar-refractivity contribution in [1.82, 2.24) is 9.78 Å². The van der Waals surface area contributed by atoms with Crippen LogP contribution in [0.25, 0.3) is 0 Å². The Hall–Kier alpha value is -1.19. The molecule has 4 nitrogen and oxygen atoms in total. The van der Waals surface area contributed by atoms with Gasteiger partial charge in [0.1, 0.15) is 5.82 Å². The lowest BCUT2D eigenvalue weighted by Crippen LogP contribution is -2.26. The van der Waals surface area contributed by atoms with Gasteiger partial charge >= 0.3 is 0 Å². The zero-order valence-electron chi connectivity index (χ0n) is 11.2. The summed E-state index contributed by atoms with van der Waals surface area (Å²) in [6.45, 7) is 3.20. The number of aryl methyl sites for hydroxylation is 2. The normalized spacial score (nSPS) is 16.6. The number of aromatic nitrogens is 2. The molecular formula is C13H24N4. The lowest BCUT2D eigenvalue weighted by molar-refractivity contribution is 0.540. The molecule has 1 aromatic rings. The summed E-state index contributed by atoms with van der Waals surface area (Å²) in [5.41, 5.74) is 8.04. The van der Waals surface area contributed by atoms with Crippen molar-refractivity contribution in [3.05, 3.63) is 5.69 Å². The van der Waals surface area contributed by atoms with E-state index in [1.54, 1.807) is 0 Å². The van der Waals surface area contributed by atoms with Crippen molar-refractivity contribution in [3.63, 3.8) is 0 Å². The van der Waals surface area contributed by atoms with E-state index in [2.05, 4.69) is 24.0 Å². The second kappa shape index (κ2) is 4.98. The van der Waals surface area contributed by atoms with Gasteiger partial charge in [-0.2, -0.15) is 5.10 Å². The zero-order chi connectivity index (χ0) is 12.4. The second-order valence-electron chi connectivity index (χ2n) is 5.19. The fraction of sp³-hybridized carbons (Fsp3) is 0.769. The van der Waals surface area contributed by atoms with Gasteiger partial charge in [0.2, 0.25) is 0 Å². The maximum absolute atomic E-state index is 6.16. The van der Waals surface area contributed by atoms with Gasteiger partial charge in [0, 0.05) is 20.6 Å². The van der Waals surface area contributed by atoms with E-state index in [1.807, 2.05) is 11.7 Å². The first-order chi connectivity index (χ1) is 8.13. The number of hydrogen-bond acceptors (Lipinski definition) is 3. The Labute approximate surface area is 104 Å². The molecule has 0 radical (unpaired) electrons. The van der Waals surface area contributed by atoms with Crippen LogP contribution in [0.15, 0.2) is 0 Å². The molecule has 0 unspecified atom stereocenters. The van der Waals surface area contributed by atoms with Crippen LogP contribution < -0.4 is 10.6 Å². The predicted molar refractivity (Wildman–Crippen MR) is 72.2 cm³/mol. The Morgan fingerprint density at radius 3 is 2.59 bits per heavy atom. The van der Waals surface area contributed by atoms with Crippen LogP contribution in [0.3, 0.4) is 0 Å². The highest BCUT2D eigenvalue weighted by atomic mass is 15.4. The standard InChI is InChI=1S/C13H24N4/c1-4-11-12(14)13(17(3)15-11)16(2)9-10-7-5-6-8-10/h10H,4-9,14H2,1-3H3. The van der Waals surface area contributed by atoms with Crippen molar-refractivity contribution in [2.45, 2.75) is 39.0 Å². The third kappa shape index (κ3) is 2.40. The molecular weight excluding hydrogens is 212 g/mol. The Balaban J connectivity index is 2.12. The maximum Gasteiger partial charge on any atom is 0.150 e. The summed E-state index contributed by atoms with van der Waals surface area (Å²) >= 11 is 0. The van der Waals surface area contributed by atoms with E-state index < -0.39 is 0 Å². The van der Waals surface area contributed by atoms with Crippen molar-refractivity contribution in [3.8, 4) is 0 Å². The average molecular weight is 236 g/mol. The molecule has 1 aliphatic rings. The van der Waals surface area contributed by atoms with Crippen molar-refractivity contribution in [2.24, 2.45) is 13.0 Å². The number of nitrogens with two attached hydrogens (primary N) is 1. The highest BCUT2D eigenvalue weighted by molar-refractivity contribution is 5.66. The molecule has 1 saturated carbocycles. The molecule has 4 heteroatoms. The number of hydrogen-bond donors (Lipinski definition) is 1. The van der Waals surface area contributed by atoms with E-state index in [0.717, 1.165) is 36.1 Å².